The van der Waals surface area contributed by atoms with E-state index in [4.69, 9.17) is 20.9 Å². The van der Waals surface area contributed by atoms with Crippen LogP contribution < -0.4 is 11.5 Å². The van der Waals surface area contributed by atoms with Gasteiger partial charge in [-0.2, -0.15) is 0 Å². The van der Waals surface area contributed by atoms with Crippen LogP contribution in [0.15, 0.2) is 52.3 Å². The molecule has 4 aromatic rings. The minimum absolute atomic E-state index is 0.0545. The number of amides is 2. The van der Waals surface area contributed by atoms with Gasteiger partial charge in [0.1, 0.15) is 16.4 Å². The lowest BCUT2D eigenvalue weighted by atomic mass is 9.94. The van der Waals surface area contributed by atoms with Crippen LogP contribution in [0.3, 0.4) is 0 Å². The SMILES string of the molecule is CC(N)(Cc1ccccc1)c1nnc(-c2cc(C(=O)N3CCCC3c3nc(C4CC4)cs3)cc(C(N)=O)n2)o1. The van der Waals surface area contributed by atoms with Crippen LogP contribution in [0.4, 0.5) is 0 Å². The predicted molar refractivity (Wildman–Crippen MR) is 145 cm³/mol. The van der Waals surface area contributed by atoms with Gasteiger partial charge in [-0.25, -0.2) is 9.97 Å². The second-order valence-electron chi connectivity index (χ2n) is 10.5. The topological polar surface area (TPSA) is 154 Å². The van der Waals surface area contributed by atoms with Crippen molar-refractivity contribution < 1.29 is 14.0 Å². The smallest absolute Gasteiger partial charge is 0.267 e. The molecule has 200 valence electrons. The Balaban J connectivity index is 1.28. The molecular formula is C28H29N7O3S. The second-order valence-corrected chi connectivity index (χ2v) is 11.4. The number of likely N-dealkylation sites (tertiary alicyclic amines) is 1. The number of carbonyl (C=O) groups excluding carboxylic acids is 2. The number of pyridine rings is 1. The molecule has 0 spiro atoms. The summed E-state index contributed by atoms with van der Waals surface area (Å²) in [4.78, 5) is 36.9. The number of primary amides is 1. The fourth-order valence-corrected chi connectivity index (χ4v) is 6.04. The molecular weight excluding hydrogens is 514 g/mol. The summed E-state index contributed by atoms with van der Waals surface area (Å²) < 4.78 is 5.93. The molecule has 0 bridgehead atoms. The van der Waals surface area contributed by atoms with Gasteiger partial charge < -0.3 is 20.8 Å². The maximum absolute atomic E-state index is 13.7. The number of rotatable bonds is 8. The number of thiazole rings is 1. The molecule has 39 heavy (non-hydrogen) atoms. The van der Waals surface area contributed by atoms with Crippen molar-refractivity contribution in [3.8, 4) is 11.6 Å². The predicted octanol–water partition coefficient (Wildman–Crippen LogP) is 3.96. The fraction of sp³-hybridized carbons (Fsp3) is 0.357. The number of nitrogens with two attached hydrogens (primary N) is 2. The third-order valence-corrected chi connectivity index (χ3v) is 8.17. The van der Waals surface area contributed by atoms with Gasteiger partial charge in [-0.1, -0.05) is 30.3 Å². The molecule has 10 nitrogen and oxygen atoms in total. The summed E-state index contributed by atoms with van der Waals surface area (Å²) in [5, 5.41) is 11.4. The Hall–Kier alpha value is -3.96. The van der Waals surface area contributed by atoms with Crippen molar-refractivity contribution in [2.75, 3.05) is 6.54 Å². The molecule has 3 aromatic heterocycles. The van der Waals surface area contributed by atoms with Crippen LogP contribution in [0, 0.1) is 0 Å². The molecule has 2 amide bonds. The maximum atomic E-state index is 13.7. The van der Waals surface area contributed by atoms with E-state index >= 15 is 0 Å². The zero-order valence-electron chi connectivity index (χ0n) is 21.5. The Bertz CT molecular complexity index is 1530. The number of benzene rings is 1. The van der Waals surface area contributed by atoms with Gasteiger partial charge in [0.15, 0.2) is 0 Å². The van der Waals surface area contributed by atoms with Crippen LogP contribution in [-0.2, 0) is 12.0 Å². The highest BCUT2D eigenvalue weighted by molar-refractivity contribution is 7.09. The first kappa shape index (κ1) is 25.3. The molecule has 11 heteroatoms. The Labute approximate surface area is 229 Å². The van der Waals surface area contributed by atoms with E-state index < -0.39 is 11.4 Å². The van der Waals surface area contributed by atoms with Gasteiger partial charge in [-0.15, -0.1) is 21.5 Å². The van der Waals surface area contributed by atoms with E-state index in [9.17, 15) is 9.59 Å². The standard InChI is InChI=1S/C28H29N7O3S/c1-28(30,14-16-6-3-2-4-7-16)27-34-33-24(38-27)20-13-18(12-19(31-20)23(29)36)26(37)35-11-5-8-22(35)25-32-21(15-39-25)17-9-10-17/h2-4,6-7,12-13,15,17,22H,5,8-11,14,30H2,1H3,(H2,29,36). The highest BCUT2D eigenvalue weighted by atomic mass is 32.1. The first-order valence-corrected chi connectivity index (χ1v) is 13.9. The first-order valence-electron chi connectivity index (χ1n) is 13.0. The van der Waals surface area contributed by atoms with Crippen molar-refractivity contribution in [1.29, 1.82) is 0 Å². The molecule has 4 N–H and O–H groups in total. The van der Waals surface area contributed by atoms with Crippen LogP contribution in [0.5, 0.6) is 0 Å². The number of nitrogens with zero attached hydrogens (tertiary/aromatic N) is 5. The van der Waals surface area contributed by atoms with Crippen LogP contribution in [0.2, 0.25) is 0 Å². The summed E-state index contributed by atoms with van der Waals surface area (Å²) in [6.07, 6.45) is 4.55. The average Bonchev–Trinajstić information content (AvgIpc) is 3.31. The molecule has 1 saturated heterocycles. The molecule has 1 aromatic carbocycles. The number of carbonyl (C=O) groups is 2. The Kier molecular flexibility index (Phi) is 6.48. The lowest BCUT2D eigenvalue weighted by Crippen LogP contribution is -2.35. The highest BCUT2D eigenvalue weighted by Crippen LogP contribution is 2.43. The van der Waals surface area contributed by atoms with Crippen LogP contribution in [-0.4, -0.2) is 43.4 Å². The Morgan fingerprint density at radius 2 is 1.92 bits per heavy atom. The number of hydrogen-bond acceptors (Lipinski definition) is 9. The van der Waals surface area contributed by atoms with Gasteiger partial charge in [0.25, 0.3) is 17.7 Å². The van der Waals surface area contributed by atoms with E-state index in [2.05, 4.69) is 20.6 Å². The van der Waals surface area contributed by atoms with E-state index in [1.807, 2.05) is 35.2 Å². The van der Waals surface area contributed by atoms with E-state index in [-0.39, 0.29) is 40.7 Å². The van der Waals surface area contributed by atoms with Gasteiger partial charge in [-0.3, -0.25) is 9.59 Å². The largest absolute Gasteiger partial charge is 0.417 e. The summed E-state index contributed by atoms with van der Waals surface area (Å²) >= 11 is 1.61. The normalized spacial score (nSPS) is 18.7. The van der Waals surface area contributed by atoms with Crippen LogP contribution >= 0.6 is 11.3 Å². The fourth-order valence-electron chi connectivity index (χ4n) is 5.00. The second kappa shape index (κ2) is 9.97. The lowest BCUT2D eigenvalue weighted by molar-refractivity contribution is 0.0735. The Morgan fingerprint density at radius 3 is 2.67 bits per heavy atom. The van der Waals surface area contributed by atoms with E-state index in [1.165, 1.54) is 18.9 Å². The van der Waals surface area contributed by atoms with E-state index in [0.29, 0.717) is 18.9 Å². The monoisotopic (exact) mass is 543 g/mol. The van der Waals surface area contributed by atoms with Gasteiger partial charge in [0, 0.05) is 23.4 Å². The average molecular weight is 544 g/mol. The van der Waals surface area contributed by atoms with Gasteiger partial charge in [-0.05, 0) is 56.7 Å². The molecule has 6 rings (SSSR count). The third-order valence-electron chi connectivity index (χ3n) is 7.21. The van der Waals surface area contributed by atoms with E-state index in [0.717, 1.165) is 29.1 Å². The maximum Gasteiger partial charge on any atom is 0.267 e. The summed E-state index contributed by atoms with van der Waals surface area (Å²) in [5.74, 6) is -0.150. The molecule has 0 radical (unpaired) electrons. The van der Waals surface area contributed by atoms with Crippen molar-refractivity contribution in [1.82, 2.24) is 25.1 Å². The molecule has 2 aliphatic rings. The zero-order valence-corrected chi connectivity index (χ0v) is 22.4. The molecule has 1 aliphatic carbocycles. The minimum atomic E-state index is -0.942. The molecule has 2 unspecified atom stereocenters. The van der Waals surface area contributed by atoms with Gasteiger partial charge in [0.2, 0.25) is 5.89 Å². The number of aromatic nitrogens is 4. The van der Waals surface area contributed by atoms with Crippen LogP contribution in [0.25, 0.3) is 11.6 Å². The van der Waals surface area contributed by atoms with Gasteiger partial charge >= 0.3 is 0 Å². The molecule has 1 aliphatic heterocycles. The quantitative estimate of drug-likeness (QED) is 0.338. The molecule has 4 heterocycles. The minimum Gasteiger partial charge on any atom is -0.417 e. The number of hydrogen-bond donors (Lipinski definition) is 2. The summed E-state index contributed by atoms with van der Waals surface area (Å²) in [6.45, 7) is 2.40. The first-order chi connectivity index (χ1) is 18.8. The third kappa shape index (κ3) is 5.19. The summed E-state index contributed by atoms with van der Waals surface area (Å²) in [6, 6.07) is 12.6. The molecule has 1 saturated carbocycles. The highest BCUT2D eigenvalue weighted by Gasteiger charge is 2.35. The zero-order chi connectivity index (χ0) is 27.1. The molecule has 2 atom stereocenters. The van der Waals surface area contributed by atoms with Crippen molar-refractivity contribution in [3.05, 3.63) is 81.3 Å². The summed E-state index contributed by atoms with van der Waals surface area (Å²) in [5.41, 5.74) is 13.7. The van der Waals surface area contributed by atoms with Crippen molar-refractivity contribution >= 4 is 23.2 Å². The summed E-state index contributed by atoms with van der Waals surface area (Å²) in [7, 11) is 0. The van der Waals surface area contributed by atoms with Crippen molar-refractivity contribution in [2.45, 2.75) is 56.5 Å². The molecule has 2 fully saturated rings. The Morgan fingerprint density at radius 1 is 1.13 bits per heavy atom. The van der Waals surface area contributed by atoms with Gasteiger partial charge in [0.05, 0.1) is 17.3 Å². The van der Waals surface area contributed by atoms with Crippen LogP contribution in [0.1, 0.15) is 87.6 Å². The lowest BCUT2D eigenvalue weighted by Gasteiger charge is -2.23. The van der Waals surface area contributed by atoms with Crippen molar-refractivity contribution in [3.63, 3.8) is 0 Å². The van der Waals surface area contributed by atoms with E-state index in [1.54, 1.807) is 24.3 Å². The van der Waals surface area contributed by atoms with Crippen molar-refractivity contribution in [2.24, 2.45) is 11.5 Å².